The van der Waals surface area contributed by atoms with E-state index in [4.69, 9.17) is 9.47 Å². The predicted octanol–water partition coefficient (Wildman–Crippen LogP) is 3.16. The number of carbonyl (C=O) groups is 1. The first-order valence-corrected chi connectivity index (χ1v) is 9.66. The molecule has 2 fully saturated rings. The molecule has 1 atom stereocenters. The molecule has 5 heteroatoms. The zero-order valence-corrected chi connectivity index (χ0v) is 15.8. The van der Waals surface area contributed by atoms with E-state index in [1.165, 1.54) is 11.1 Å². The minimum Gasteiger partial charge on any atom is -0.489 e. The summed E-state index contributed by atoms with van der Waals surface area (Å²) < 4.78 is 12.1. The van der Waals surface area contributed by atoms with Gasteiger partial charge >= 0.3 is 0 Å². The van der Waals surface area contributed by atoms with Gasteiger partial charge in [0.15, 0.2) is 0 Å². The summed E-state index contributed by atoms with van der Waals surface area (Å²) in [7, 11) is 0. The second-order valence-electron chi connectivity index (χ2n) is 7.63. The van der Waals surface area contributed by atoms with Crippen LogP contribution in [0, 0.1) is 6.92 Å². The molecule has 142 valence electrons. The van der Waals surface area contributed by atoms with Crippen molar-refractivity contribution in [1.29, 1.82) is 0 Å². The molecule has 1 aromatic carbocycles. The van der Waals surface area contributed by atoms with Gasteiger partial charge in [-0.25, -0.2) is 0 Å². The lowest BCUT2D eigenvalue weighted by atomic mass is 9.84. The minimum absolute atomic E-state index is 0.118. The van der Waals surface area contributed by atoms with E-state index in [9.17, 15) is 4.79 Å². The van der Waals surface area contributed by atoms with Crippen molar-refractivity contribution >= 4 is 5.91 Å². The molecule has 2 saturated heterocycles. The van der Waals surface area contributed by atoms with E-state index >= 15 is 0 Å². The summed E-state index contributed by atoms with van der Waals surface area (Å²) in [5.74, 6) is 1.01. The Morgan fingerprint density at radius 3 is 2.93 bits per heavy atom. The molecular formula is C22H26N2O3. The van der Waals surface area contributed by atoms with E-state index in [1.807, 2.05) is 29.2 Å². The van der Waals surface area contributed by atoms with Crippen LogP contribution in [0.15, 0.2) is 48.8 Å². The Kier molecular flexibility index (Phi) is 5.12. The number of hydrogen-bond acceptors (Lipinski definition) is 4. The first-order chi connectivity index (χ1) is 13.1. The quantitative estimate of drug-likeness (QED) is 0.816. The molecule has 0 bridgehead atoms. The fraction of sp³-hybridized carbons (Fsp3) is 0.455. The summed E-state index contributed by atoms with van der Waals surface area (Å²) >= 11 is 0. The topological polar surface area (TPSA) is 51.7 Å². The zero-order valence-electron chi connectivity index (χ0n) is 15.8. The second kappa shape index (κ2) is 7.69. The molecule has 2 aliphatic heterocycles. The fourth-order valence-corrected chi connectivity index (χ4v) is 4.03. The molecule has 0 radical (unpaired) electrons. The van der Waals surface area contributed by atoms with Gasteiger partial charge in [-0.3, -0.25) is 9.78 Å². The molecular weight excluding hydrogens is 340 g/mol. The molecule has 3 heterocycles. The van der Waals surface area contributed by atoms with Crippen molar-refractivity contribution in [2.24, 2.45) is 0 Å². The average Bonchev–Trinajstić information content (AvgIpc) is 2.66. The number of ether oxygens (including phenoxy) is 2. The van der Waals surface area contributed by atoms with Crippen molar-refractivity contribution in [3.05, 3.63) is 59.9 Å². The second-order valence-corrected chi connectivity index (χ2v) is 7.63. The molecule has 0 saturated carbocycles. The molecule has 5 nitrogen and oxygen atoms in total. The number of aryl methyl sites for hydroxylation is 2. The minimum atomic E-state index is -0.233. The number of pyridine rings is 1. The van der Waals surface area contributed by atoms with Crippen molar-refractivity contribution in [1.82, 2.24) is 9.88 Å². The number of hydrogen-bond donors (Lipinski definition) is 0. The maximum absolute atomic E-state index is 12.5. The van der Waals surface area contributed by atoms with Gasteiger partial charge in [0.1, 0.15) is 17.5 Å². The Morgan fingerprint density at radius 2 is 2.15 bits per heavy atom. The van der Waals surface area contributed by atoms with Crippen LogP contribution in [0.3, 0.4) is 0 Å². The van der Waals surface area contributed by atoms with Crippen LogP contribution in [0.5, 0.6) is 5.75 Å². The Bertz CT molecular complexity index is 787. The van der Waals surface area contributed by atoms with Crippen LogP contribution >= 0.6 is 0 Å². The van der Waals surface area contributed by atoms with Gasteiger partial charge in [0.05, 0.1) is 25.9 Å². The summed E-state index contributed by atoms with van der Waals surface area (Å²) in [4.78, 5) is 18.6. The van der Waals surface area contributed by atoms with Crippen LogP contribution in [0.25, 0.3) is 0 Å². The van der Waals surface area contributed by atoms with Gasteiger partial charge in [-0.05, 0) is 36.6 Å². The van der Waals surface area contributed by atoms with E-state index in [2.05, 4.69) is 24.0 Å². The van der Waals surface area contributed by atoms with Crippen LogP contribution in [-0.2, 0) is 16.0 Å². The van der Waals surface area contributed by atoms with Crippen LogP contribution < -0.4 is 4.74 Å². The number of amides is 1. The normalized spacial score (nSPS) is 20.9. The van der Waals surface area contributed by atoms with Crippen LogP contribution in [0.1, 0.15) is 30.4 Å². The first kappa shape index (κ1) is 18.0. The molecule has 1 spiro atoms. The summed E-state index contributed by atoms with van der Waals surface area (Å²) in [5.41, 5.74) is 2.26. The van der Waals surface area contributed by atoms with E-state index in [0.29, 0.717) is 26.1 Å². The monoisotopic (exact) mass is 366 g/mol. The van der Waals surface area contributed by atoms with Gasteiger partial charge < -0.3 is 14.4 Å². The number of likely N-dealkylation sites (tertiary alicyclic amines) is 1. The highest BCUT2D eigenvalue weighted by molar-refractivity contribution is 5.77. The summed E-state index contributed by atoms with van der Waals surface area (Å²) in [5, 5.41) is 0. The number of nitrogens with zero attached hydrogens (tertiary/aromatic N) is 2. The first-order valence-electron chi connectivity index (χ1n) is 9.66. The highest BCUT2D eigenvalue weighted by Crippen LogP contribution is 2.36. The molecule has 0 aliphatic carbocycles. The standard InChI is InChI=1S/C22H26N2O3/c1-17-5-2-3-6-18(17)8-9-21(25)24-15-22(16-24)13-19(10-12-26-22)27-20-7-4-11-23-14-20/h2-7,11,14,19H,8-10,12-13,15-16H2,1H3/t19-/m1/s1. The molecule has 0 N–H and O–H groups in total. The number of aromatic nitrogens is 1. The maximum atomic E-state index is 12.5. The van der Waals surface area contributed by atoms with Crippen molar-refractivity contribution in [3.63, 3.8) is 0 Å². The molecule has 27 heavy (non-hydrogen) atoms. The Labute approximate surface area is 160 Å². The smallest absolute Gasteiger partial charge is 0.223 e. The Balaban J connectivity index is 1.27. The number of rotatable bonds is 5. The molecule has 2 aromatic rings. The summed E-state index contributed by atoms with van der Waals surface area (Å²) in [6.07, 6.45) is 6.64. The third kappa shape index (κ3) is 4.14. The van der Waals surface area contributed by atoms with E-state index in [-0.39, 0.29) is 17.6 Å². The zero-order chi connectivity index (χ0) is 18.7. The molecule has 0 unspecified atom stereocenters. The number of benzene rings is 1. The van der Waals surface area contributed by atoms with Gasteiger partial charge in [0, 0.05) is 25.5 Å². The average molecular weight is 366 g/mol. The largest absolute Gasteiger partial charge is 0.489 e. The molecule has 4 rings (SSSR count). The van der Waals surface area contributed by atoms with Gasteiger partial charge in [0.2, 0.25) is 5.91 Å². The van der Waals surface area contributed by atoms with E-state index < -0.39 is 0 Å². The van der Waals surface area contributed by atoms with E-state index in [1.54, 1.807) is 12.4 Å². The summed E-state index contributed by atoms with van der Waals surface area (Å²) in [6, 6.07) is 12.1. The SMILES string of the molecule is Cc1ccccc1CCC(=O)N1CC2(C[C@H](Oc3cccnc3)CCO2)C1. The molecule has 2 aliphatic rings. The van der Waals surface area contributed by atoms with Gasteiger partial charge in [-0.15, -0.1) is 0 Å². The van der Waals surface area contributed by atoms with Crippen LogP contribution in [0.4, 0.5) is 0 Å². The Hall–Kier alpha value is -2.40. The fourth-order valence-electron chi connectivity index (χ4n) is 4.03. The van der Waals surface area contributed by atoms with Crippen LogP contribution in [-0.4, -0.2) is 47.2 Å². The van der Waals surface area contributed by atoms with Crippen molar-refractivity contribution < 1.29 is 14.3 Å². The molecule has 1 aromatic heterocycles. The lowest BCUT2D eigenvalue weighted by Crippen LogP contribution is -2.67. The number of carbonyl (C=O) groups excluding carboxylic acids is 1. The predicted molar refractivity (Wildman–Crippen MR) is 103 cm³/mol. The van der Waals surface area contributed by atoms with Crippen molar-refractivity contribution in [2.45, 2.75) is 44.3 Å². The van der Waals surface area contributed by atoms with E-state index in [0.717, 1.165) is 25.0 Å². The molecule has 1 amide bonds. The van der Waals surface area contributed by atoms with Gasteiger partial charge in [0.25, 0.3) is 0 Å². The van der Waals surface area contributed by atoms with Gasteiger partial charge in [-0.1, -0.05) is 24.3 Å². The third-order valence-electron chi connectivity index (χ3n) is 5.57. The van der Waals surface area contributed by atoms with Crippen molar-refractivity contribution in [3.8, 4) is 5.75 Å². The van der Waals surface area contributed by atoms with Crippen LogP contribution in [0.2, 0.25) is 0 Å². The summed E-state index contributed by atoms with van der Waals surface area (Å²) in [6.45, 7) is 4.12. The lowest BCUT2D eigenvalue weighted by Gasteiger charge is -2.53. The van der Waals surface area contributed by atoms with Gasteiger partial charge in [-0.2, -0.15) is 0 Å². The third-order valence-corrected chi connectivity index (χ3v) is 5.57. The lowest BCUT2D eigenvalue weighted by molar-refractivity contribution is -0.193. The van der Waals surface area contributed by atoms with Crippen molar-refractivity contribution in [2.75, 3.05) is 19.7 Å². The Morgan fingerprint density at radius 1 is 1.30 bits per heavy atom. The highest BCUT2D eigenvalue weighted by Gasteiger charge is 2.49. The highest BCUT2D eigenvalue weighted by atomic mass is 16.5. The maximum Gasteiger partial charge on any atom is 0.223 e.